The topological polar surface area (TPSA) is 64.6 Å². The molecule has 1 N–H and O–H groups in total. The maximum Gasteiger partial charge on any atom is 0.408 e. The van der Waals surface area contributed by atoms with Crippen LogP contribution in [0.5, 0.6) is 0 Å². The van der Waals surface area contributed by atoms with Crippen LogP contribution in [-0.2, 0) is 14.3 Å². The van der Waals surface area contributed by atoms with Crippen LogP contribution in [0.3, 0.4) is 0 Å². The predicted octanol–water partition coefficient (Wildman–Crippen LogP) is 5.40. The molecule has 0 spiro atoms. The van der Waals surface area contributed by atoms with E-state index in [2.05, 4.69) is 43.4 Å². The zero-order chi connectivity index (χ0) is 21.1. The molecule has 0 saturated heterocycles. The molecule has 1 amide bonds. The Morgan fingerprint density at radius 2 is 1.46 bits per heavy atom. The van der Waals surface area contributed by atoms with E-state index in [1.54, 1.807) is 50.4 Å². The molecule has 28 heavy (non-hydrogen) atoms. The second-order valence-electron chi connectivity index (χ2n) is 7.88. The van der Waals surface area contributed by atoms with Gasteiger partial charge in [0.15, 0.2) is 0 Å². The Bertz CT molecular complexity index is 778. The summed E-state index contributed by atoms with van der Waals surface area (Å²) < 4.78 is 10.9. The summed E-state index contributed by atoms with van der Waals surface area (Å²) in [6, 6.07) is 7.54. The van der Waals surface area contributed by atoms with E-state index in [9.17, 15) is 9.59 Å². The molecule has 0 aliphatic carbocycles. The molecule has 0 aliphatic heterocycles. The lowest BCUT2D eigenvalue weighted by Gasteiger charge is -2.25. The summed E-state index contributed by atoms with van der Waals surface area (Å²) in [5.41, 5.74) is -0.625. The molecule has 2 aromatic rings. The Hall–Kier alpha value is -1.86. The molecule has 0 aromatic carbocycles. The van der Waals surface area contributed by atoms with Crippen molar-refractivity contribution >= 4 is 34.7 Å². The normalized spacial score (nSPS) is 13.9. The fourth-order valence-electron chi connectivity index (χ4n) is 2.74. The van der Waals surface area contributed by atoms with Gasteiger partial charge in [-0.05, 0) is 72.7 Å². The number of hydrogen-bond acceptors (Lipinski definition) is 6. The fourth-order valence-corrected chi connectivity index (χ4v) is 4.99. The Morgan fingerprint density at radius 3 is 1.86 bits per heavy atom. The maximum absolute atomic E-state index is 12.5. The van der Waals surface area contributed by atoms with Crippen LogP contribution < -0.4 is 5.32 Å². The van der Waals surface area contributed by atoms with Gasteiger partial charge in [0.1, 0.15) is 17.7 Å². The van der Waals surface area contributed by atoms with Crippen LogP contribution >= 0.6 is 22.7 Å². The third-order valence-electron chi connectivity index (χ3n) is 3.99. The number of esters is 1. The molecule has 0 unspecified atom stereocenters. The van der Waals surface area contributed by atoms with Gasteiger partial charge in [-0.2, -0.15) is 0 Å². The third-order valence-corrected chi connectivity index (χ3v) is 6.16. The number of thiophene rings is 2. The van der Waals surface area contributed by atoms with Gasteiger partial charge in [-0.1, -0.05) is 0 Å². The molecule has 0 fully saturated rings. The molecular formula is C21H29NO4S2. The maximum atomic E-state index is 12.5. The molecule has 2 rings (SSSR count). The Morgan fingerprint density at radius 1 is 0.964 bits per heavy atom. The first-order chi connectivity index (χ1) is 13.0. The second kappa shape index (κ2) is 9.09. The van der Waals surface area contributed by atoms with E-state index in [0.29, 0.717) is 0 Å². The summed E-state index contributed by atoms with van der Waals surface area (Å²) in [5, 5.41) is 2.54. The molecule has 7 heteroatoms. The summed E-state index contributed by atoms with van der Waals surface area (Å²) in [7, 11) is 0. The number of alkyl carbamates (subject to hydrolysis) is 1. The number of amides is 1. The zero-order valence-electron chi connectivity index (χ0n) is 17.5. The summed E-state index contributed by atoms with van der Waals surface area (Å²) in [6.07, 6.45) is -1.00. The van der Waals surface area contributed by atoms with Crippen molar-refractivity contribution in [2.24, 2.45) is 0 Å². The Balaban J connectivity index is 2.09. The van der Waals surface area contributed by atoms with Crippen LogP contribution in [0.15, 0.2) is 24.3 Å². The van der Waals surface area contributed by atoms with Gasteiger partial charge in [-0.15, -0.1) is 22.7 Å². The SMILES string of the molecule is Cc1ccc(C(c2ccc(C)s2)[C@H](C)OC(=O)[C@H](C)NC(=O)OC(C)(C)C)s1. The number of hydrogen-bond donors (Lipinski definition) is 1. The lowest BCUT2D eigenvalue weighted by molar-refractivity contribution is -0.150. The van der Waals surface area contributed by atoms with Crippen molar-refractivity contribution in [2.45, 2.75) is 72.1 Å². The van der Waals surface area contributed by atoms with E-state index in [1.165, 1.54) is 9.75 Å². The molecule has 2 atom stereocenters. The van der Waals surface area contributed by atoms with Crippen molar-refractivity contribution in [1.82, 2.24) is 5.32 Å². The molecule has 5 nitrogen and oxygen atoms in total. The Labute approximate surface area is 175 Å². The first-order valence-electron chi connectivity index (χ1n) is 9.29. The molecule has 0 aliphatic rings. The summed E-state index contributed by atoms with van der Waals surface area (Å²) >= 11 is 3.41. The molecule has 2 aromatic heterocycles. The zero-order valence-corrected chi connectivity index (χ0v) is 19.1. The average molecular weight is 424 g/mol. The van der Waals surface area contributed by atoms with E-state index < -0.39 is 23.7 Å². The fraction of sp³-hybridized carbons (Fsp3) is 0.524. The molecular weight excluding hydrogens is 394 g/mol. The van der Waals surface area contributed by atoms with E-state index in [0.717, 1.165) is 9.75 Å². The second-order valence-corrected chi connectivity index (χ2v) is 10.5. The molecule has 154 valence electrons. The predicted molar refractivity (Wildman–Crippen MR) is 114 cm³/mol. The summed E-state index contributed by atoms with van der Waals surface area (Å²) in [4.78, 5) is 29.2. The van der Waals surface area contributed by atoms with Crippen LogP contribution in [0.1, 0.15) is 60.0 Å². The van der Waals surface area contributed by atoms with Crippen LogP contribution in [-0.4, -0.2) is 29.8 Å². The summed E-state index contributed by atoms with van der Waals surface area (Å²) in [6.45, 7) is 12.9. The standard InChI is InChI=1S/C21H29NO4S2/c1-12-8-10-16(27-12)18(17-11-9-13(2)28-17)15(4)25-19(23)14(3)22-20(24)26-21(5,6)7/h8-11,14-15,18H,1-7H3,(H,22,24)/t14-,15-/m0/s1. The number of rotatable bonds is 6. The molecule has 2 heterocycles. The van der Waals surface area contributed by atoms with Gasteiger partial charge in [0.2, 0.25) is 0 Å². The lowest BCUT2D eigenvalue weighted by Crippen LogP contribution is -2.43. The molecule has 0 saturated carbocycles. The van der Waals surface area contributed by atoms with Gasteiger partial charge in [0.25, 0.3) is 0 Å². The highest BCUT2D eigenvalue weighted by Gasteiger charge is 2.30. The largest absolute Gasteiger partial charge is 0.460 e. The first kappa shape index (κ1) is 22.4. The highest BCUT2D eigenvalue weighted by Crippen LogP contribution is 2.37. The highest BCUT2D eigenvalue weighted by atomic mass is 32.1. The van der Waals surface area contributed by atoms with Crippen molar-refractivity contribution in [3.63, 3.8) is 0 Å². The number of aryl methyl sites for hydroxylation is 2. The third kappa shape index (κ3) is 6.34. The van der Waals surface area contributed by atoms with Crippen molar-refractivity contribution in [1.29, 1.82) is 0 Å². The van der Waals surface area contributed by atoms with Crippen LogP contribution in [0, 0.1) is 13.8 Å². The lowest BCUT2D eigenvalue weighted by atomic mass is 9.99. The molecule has 0 radical (unpaired) electrons. The molecule has 0 bridgehead atoms. The van der Waals surface area contributed by atoms with E-state index >= 15 is 0 Å². The van der Waals surface area contributed by atoms with Crippen LogP contribution in [0.25, 0.3) is 0 Å². The van der Waals surface area contributed by atoms with Gasteiger partial charge >= 0.3 is 12.1 Å². The summed E-state index contributed by atoms with van der Waals surface area (Å²) in [5.74, 6) is -0.514. The average Bonchev–Trinajstić information content (AvgIpc) is 3.14. The minimum absolute atomic E-state index is 0.0323. The van der Waals surface area contributed by atoms with Crippen LogP contribution in [0.2, 0.25) is 0 Å². The smallest absolute Gasteiger partial charge is 0.408 e. The number of carbonyl (C=O) groups is 2. The minimum atomic E-state index is -0.798. The van der Waals surface area contributed by atoms with Gasteiger partial charge in [-0.3, -0.25) is 0 Å². The van der Waals surface area contributed by atoms with Gasteiger partial charge in [0, 0.05) is 19.5 Å². The number of carbonyl (C=O) groups excluding carboxylic acids is 2. The van der Waals surface area contributed by atoms with Crippen molar-refractivity contribution < 1.29 is 19.1 Å². The minimum Gasteiger partial charge on any atom is -0.460 e. The van der Waals surface area contributed by atoms with Gasteiger partial charge in [0.05, 0.1) is 5.92 Å². The van der Waals surface area contributed by atoms with Gasteiger partial charge in [-0.25, -0.2) is 9.59 Å². The quantitative estimate of drug-likeness (QED) is 0.632. The Kier molecular flexibility index (Phi) is 7.28. The van der Waals surface area contributed by atoms with Gasteiger partial charge < -0.3 is 14.8 Å². The van der Waals surface area contributed by atoms with E-state index in [-0.39, 0.29) is 12.0 Å². The highest BCUT2D eigenvalue weighted by molar-refractivity contribution is 7.13. The van der Waals surface area contributed by atoms with E-state index in [4.69, 9.17) is 9.47 Å². The number of ether oxygens (including phenoxy) is 2. The number of nitrogens with one attached hydrogen (secondary N) is 1. The van der Waals surface area contributed by atoms with Crippen LogP contribution in [0.4, 0.5) is 4.79 Å². The van der Waals surface area contributed by atoms with Crippen molar-refractivity contribution in [2.75, 3.05) is 0 Å². The first-order valence-corrected chi connectivity index (χ1v) is 10.9. The van der Waals surface area contributed by atoms with Crippen molar-refractivity contribution in [3.8, 4) is 0 Å². The van der Waals surface area contributed by atoms with Crippen molar-refractivity contribution in [3.05, 3.63) is 43.8 Å². The monoisotopic (exact) mass is 423 g/mol. The van der Waals surface area contributed by atoms with E-state index in [1.807, 2.05) is 6.92 Å².